The first-order valence-electron chi connectivity index (χ1n) is 7.15. The van der Waals surface area contributed by atoms with Crippen molar-refractivity contribution in [3.05, 3.63) is 41.4 Å². The quantitative estimate of drug-likeness (QED) is 0.559. The number of nitrogens with one attached hydrogen (secondary N) is 2. The van der Waals surface area contributed by atoms with E-state index < -0.39 is 6.09 Å². The highest BCUT2D eigenvalue weighted by Gasteiger charge is 2.10. The van der Waals surface area contributed by atoms with Crippen LogP contribution in [-0.2, 0) is 0 Å². The summed E-state index contributed by atoms with van der Waals surface area (Å²) in [4.78, 5) is 14.8. The molecular weight excluding hydrogens is 300 g/mol. The fraction of sp³-hybridized carbons (Fsp3) is 0.333. The number of aromatic nitrogens is 1. The first kappa shape index (κ1) is 16.3. The molecule has 1 aromatic carbocycles. The van der Waals surface area contributed by atoms with Gasteiger partial charge < -0.3 is 21.5 Å². The Labute approximate surface area is 133 Å². The number of para-hydroxylation sites is 1. The van der Waals surface area contributed by atoms with Gasteiger partial charge in [-0.15, -0.1) is 11.3 Å². The third-order valence-corrected chi connectivity index (χ3v) is 3.92. The van der Waals surface area contributed by atoms with Gasteiger partial charge in [0.1, 0.15) is 0 Å². The SMILES string of the molecule is NC(CCCCNC(=O)O)c1csc(Nc2ccccc2)n1. The maximum absolute atomic E-state index is 10.3. The maximum Gasteiger partial charge on any atom is 0.404 e. The molecule has 118 valence electrons. The summed E-state index contributed by atoms with van der Waals surface area (Å²) in [5.74, 6) is 0. The minimum Gasteiger partial charge on any atom is -0.465 e. The summed E-state index contributed by atoms with van der Waals surface area (Å²) < 4.78 is 0. The van der Waals surface area contributed by atoms with Gasteiger partial charge in [0.25, 0.3) is 0 Å². The molecule has 1 unspecified atom stereocenters. The lowest BCUT2D eigenvalue weighted by atomic mass is 10.1. The number of hydrogen-bond donors (Lipinski definition) is 4. The molecule has 1 amide bonds. The largest absolute Gasteiger partial charge is 0.465 e. The van der Waals surface area contributed by atoms with Crippen LogP contribution in [0.15, 0.2) is 35.7 Å². The normalized spacial score (nSPS) is 11.9. The van der Waals surface area contributed by atoms with Gasteiger partial charge in [-0.25, -0.2) is 9.78 Å². The second kappa shape index (κ2) is 8.35. The number of rotatable bonds is 8. The van der Waals surface area contributed by atoms with Crippen LogP contribution in [0.1, 0.15) is 31.0 Å². The Bertz CT molecular complexity index is 588. The maximum atomic E-state index is 10.3. The van der Waals surface area contributed by atoms with Crippen LogP contribution in [0.3, 0.4) is 0 Å². The lowest BCUT2D eigenvalue weighted by Crippen LogP contribution is -2.22. The summed E-state index contributed by atoms with van der Waals surface area (Å²) >= 11 is 1.53. The van der Waals surface area contributed by atoms with Crippen molar-refractivity contribution in [1.82, 2.24) is 10.3 Å². The van der Waals surface area contributed by atoms with Gasteiger partial charge in [-0.1, -0.05) is 18.2 Å². The zero-order valence-corrected chi connectivity index (χ0v) is 13.0. The Hall–Kier alpha value is -2.12. The van der Waals surface area contributed by atoms with Crippen molar-refractivity contribution in [3.63, 3.8) is 0 Å². The van der Waals surface area contributed by atoms with Crippen molar-refractivity contribution in [1.29, 1.82) is 0 Å². The Morgan fingerprint density at radius 2 is 2.09 bits per heavy atom. The van der Waals surface area contributed by atoms with Gasteiger partial charge in [-0.2, -0.15) is 0 Å². The Kier molecular flexibility index (Phi) is 6.17. The number of thiazole rings is 1. The molecule has 0 saturated heterocycles. The predicted octanol–water partition coefficient (Wildman–Crippen LogP) is 3.32. The van der Waals surface area contributed by atoms with E-state index in [4.69, 9.17) is 10.8 Å². The highest BCUT2D eigenvalue weighted by molar-refractivity contribution is 7.13. The van der Waals surface area contributed by atoms with Crippen LogP contribution in [0.5, 0.6) is 0 Å². The number of amides is 1. The smallest absolute Gasteiger partial charge is 0.404 e. The minimum atomic E-state index is -0.986. The molecule has 0 saturated carbocycles. The van der Waals surface area contributed by atoms with Crippen molar-refractivity contribution in [2.24, 2.45) is 5.73 Å². The first-order chi connectivity index (χ1) is 10.6. The fourth-order valence-electron chi connectivity index (χ4n) is 1.99. The molecule has 0 fully saturated rings. The average Bonchev–Trinajstić information content (AvgIpc) is 2.96. The molecule has 0 aliphatic carbocycles. The van der Waals surface area contributed by atoms with Gasteiger partial charge in [0.05, 0.1) is 5.69 Å². The van der Waals surface area contributed by atoms with E-state index in [0.717, 1.165) is 35.8 Å². The lowest BCUT2D eigenvalue weighted by molar-refractivity contribution is 0.194. The van der Waals surface area contributed by atoms with Crippen molar-refractivity contribution in [3.8, 4) is 0 Å². The van der Waals surface area contributed by atoms with E-state index in [1.54, 1.807) is 0 Å². The highest BCUT2D eigenvalue weighted by Crippen LogP contribution is 2.25. The van der Waals surface area contributed by atoms with Crippen molar-refractivity contribution >= 4 is 28.2 Å². The summed E-state index contributed by atoms with van der Waals surface area (Å²) in [7, 11) is 0. The monoisotopic (exact) mass is 320 g/mol. The molecule has 0 spiro atoms. The Morgan fingerprint density at radius 3 is 2.82 bits per heavy atom. The molecular formula is C15H20N4O2S. The Morgan fingerprint density at radius 1 is 1.32 bits per heavy atom. The van der Waals surface area contributed by atoms with Gasteiger partial charge in [0.2, 0.25) is 0 Å². The number of anilines is 2. The third kappa shape index (κ3) is 5.34. The number of hydrogen-bond acceptors (Lipinski definition) is 5. The number of unbranched alkanes of at least 4 members (excludes halogenated alkanes) is 1. The van der Waals surface area contributed by atoms with Crippen LogP contribution in [0, 0.1) is 0 Å². The van der Waals surface area contributed by atoms with E-state index in [2.05, 4.69) is 15.6 Å². The second-order valence-corrected chi connectivity index (χ2v) is 5.76. The summed E-state index contributed by atoms with van der Waals surface area (Å²) in [6, 6.07) is 9.74. The zero-order chi connectivity index (χ0) is 15.8. The van der Waals surface area contributed by atoms with Gasteiger partial charge in [0, 0.05) is 23.7 Å². The summed E-state index contributed by atoms with van der Waals surface area (Å²) in [5, 5.41) is 16.8. The van der Waals surface area contributed by atoms with Crippen molar-refractivity contribution < 1.29 is 9.90 Å². The molecule has 2 aromatic rings. The predicted molar refractivity (Wildman–Crippen MR) is 88.6 cm³/mol. The van der Waals surface area contributed by atoms with Crippen LogP contribution in [0.2, 0.25) is 0 Å². The minimum absolute atomic E-state index is 0.118. The summed E-state index contributed by atoms with van der Waals surface area (Å²) in [5.41, 5.74) is 7.99. The van der Waals surface area contributed by atoms with Gasteiger partial charge in [-0.3, -0.25) is 0 Å². The second-order valence-electron chi connectivity index (χ2n) is 4.90. The molecule has 0 aliphatic heterocycles. The summed E-state index contributed by atoms with van der Waals surface area (Å²) in [6.45, 7) is 0.458. The number of carbonyl (C=O) groups is 1. The van der Waals surface area contributed by atoms with Gasteiger partial charge >= 0.3 is 6.09 Å². The van der Waals surface area contributed by atoms with E-state index in [0.29, 0.717) is 6.54 Å². The van der Waals surface area contributed by atoms with Crippen LogP contribution in [0.4, 0.5) is 15.6 Å². The van der Waals surface area contributed by atoms with Crippen LogP contribution >= 0.6 is 11.3 Å². The molecule has 5 N–H and O–H groups in total. The number of carboxylic acid groups (broad SMARTS) is 1. The van der Waals surface area contributed by atoms with Gasteiger partial charge in [-0.05, 0) is 31.4 Å². The molecule has 1 aromatic heterocycles. The molecule has 0 aliphatic rings. The van der Waals surface area contributed by atoms with E-state index in [1.165, 1.54) is 11.3 Å². The molecule has 22 heavy (non-hydrogen) atoms. The van der Waals surface area contributed by atoms with Crippen LogP contribution in [0.25, 0.3) is 0 Å². The molecule has 0 bridgehead atoms. The van der Waals surface area contributed by atoms with E-state index in [9.17, 15) is 4.79 Å². The number of nitrogens with two attached hydrogens (primary N) is 1. The third-order valence-electron chi connectivity index (χ3n) is 3.15. The topological polar surface area (TPSA) is 100 Å². The summed E-state index contributed by atoms with van der Waals surface area (Å²) in [6.07, 6.45) is 1.44. The Balaban J connectivity index is 1.76. The van der Waals surface area contributed by atoms with Crippen LogP contribution < -0.4 is 16.4 Å². The van der Waals surface area contributed by atoms with Crippen molar-refractivity contribution in [2.45, 2.75) is 25.3 Å². The van der Waals surface area contributed by atoms with E-state index in [-0.39, 0.29) is 6.04 Å². The molecule has 1 atom stereocenters. The number of nitrogens with zero attached hydrogens (tertiary/aromatic N) is 1. The molecule has 1 heterocycles. The lowest BCUT2D eigenvalue weighted by Gasteiger charge is -2.08. The average molecular weight is 320 g/mol. The fourth-order valence-corrected chi connectivity index (χ4v) is 2.79. The van der Waals surface area contributed by atoms with Gasteiger partial charge in [0.15, 0.2) is 5.13 Å². The highest BCUT2D eigenvalue weighted by atomic mass is 32.1. The number of benzene rings is 1. The van der Waals surface area contributed by atoms with E-state index >= 15 is 0 Å². The standard InChI is InChI=1S/C15H20N4O2S/c16-12(8-4-5-9-17-15(20)21)13-10-22-14(19-13)18-11-6-2-1-3-7-11/h1-3,6-7,10,12,17H,4-5,8-9,16H2,(H,18,19)(H,20,21). The molecule has 0 radical (unpaired) electrons. The molecule has 2 rings (SSSR count). The molecule has 7 heteroatoms. The van der Waals surface area contributed by atoms with E-state index in [1.807, 2.05) is 35.7 Å². The van der Waals surface area contributed by atoms with Crippen molar-refractivity contribution in [2.75, 3.05) is 11.9 Å². The van der Waals surface area contributed by atoms with Crippen LogP contribution in [-0.4, -0.2) is 22.7 Å². The first-order valence-corrected chi connectivity index (χ1v) is 8.03. The molecule has 6 nitrogen and oxygen atoms in total. The zero-order valence-electron chi connectivity index (χ0n) is 12.2.